The summed E-state index contributed by atoms with van der Waals surface area (Å²) < 4.78 is 30.9. The van der Waals surface area contributed by atoms with Crippen LogP contribution in [0.2, 0.25) is 0 Å². The van der Waals surface area contributed by atoms with E-state index in [-0.39, 0.29) is 5.82 Å². The lowest BCUT2D eigenvalue weighted by Gasteiger charge is -2.30. The van der Waals surface area contributed by atoms with Crippen molar-refractivity contribution in [2.24, 2.45) is 0 Å². The van der Waals surface area contributed by atoms with E-state index in [4.69, 9.17) is 14.2 Å². The summed E-state index contributed by atoms with van der Waals surface area (Å²) in [5, 5.41) is 0. The van der Waals surface area contributed by atoms with Gasteiger partial charge in [0.15, 0.2) is 11.5 Å². The molecule has 154 valence electrons. The number of halogens is 1. The standard InChI is InChI=1S/C23H26FNO4/c1-5-25-11-10-15-12-20(27-2)21(28-3)13-17(15)22(18(14-25)23(26)29-4)16-8-6-7-9-19(16)24/h6-9,12-14,22H,5,10-11H2,1-4H3/b18-14+. The first-order valence-electron chi connectivity index (χ1n) is 9.57. The van der Waals surface area contributed by atoms with Crippen LogP contribution in [0.4, 0.5) is 4.39 Å². The van der Waals surface area contributed by atoms with Gasteiger partial charge in [0.05, 0.1) is 26.9 Å². The average molecular weight is 399 g/mol. The van der Waals surface area contributed by atoms with Crippen molar-refractivity contribution in [3.63, 3.8) is 0 Å². The predicted molar refractivity (Wildman–Crippen MR) is 109 cm³/mol. The number of carbonyl (C=O) groups is 1. The third kappa shape index (κ3) is 4.06. The van der Waals surface area contributed by atoms with Crippen molar-refractivity contribution in [2.75, 3.05) is 34.4 Å². The van der Waals surface area contributed by atoms with E-state index in [1.165, 1.54) is 13.2 Å². The van der Waals surface area contributed by atoms with Crippen molar-refractivity contribution in [2.45, 2.75) is 19.3 Å². The zero-order valence-corrected chi connectivity index (χ0v) is 17.2. The molecule has 1 aliphatic rings. The number of benzene rings is 2. The van der Waals surface area contributed by atoms with Crippen molar-refractivity contribution in [1.29, 1.82) is 0 Å². The Balaban J connectivity index is 2.33. The van der Waals surface area contributed by atoms with Crippen molar-refractivity contribution in [3.8, 4) is 11.5 Å². The van der Waals surface area contributed by atoms with Crippen LogP contribution in [-0.4, -0.2) is 45.3 Å². The Labute approximate surface area is 170 Å². The van der Waals surface area contributed by atoms with Crippen LogP contribution in [-0.2, 0) is 16.0 Å². The van der Waals surface area contributed by atoms with Gasteiger partial charge in [0.2, 0.25) is 0 Å². The van der Waals surface area contributed by atoms with Gasteiger partial charge in [0.1, 0.15) is 5.82 Å². The molecule has 5 nitrogen and oxygen atoms in total. The summed E-state index contributed by atoms with van der Waals surface area (Å²) in [4.78, 5) is 14.8. The zero-order valence-electron chi connectivity index (χ0n) is 17.2. The van der Waals surface area contributed by atoms with Gasteiger partial charge in [-0.15, -0.1) is 0 Å². The van der Waals surface area contributed by atoms with Crippen LogP contribution in [0, 0.1) is 5.82 Å². The molecule has 0 saturated carbocycles. The summed E-state index contributed by atoms with van der Waals surface area (Å²) in [6, 6.07) is 10.3. The Hall–Kier alpha value is -3.02. The molecule has 6 heteroatoms. The summed E-state index contributed by atoms with van der Waals surface area (Å²) >= 11 is 0. The second-order valence-electron chi connectivity index (χ2n) is 6.82. The number of ether oxygens (including phenoxy) is 3. The predicted octanol–water partition coefficient (Wildman–Crippen LogP) is 3.91. The highest BCUT2D eigenvalue weighted by Gasteiger charge is 2.32. The maximum Gasteiger partial charge on any atom is 0.336 e. The number of fused-ring (bicyclic) bond motifs is 1. The Kier molecular flexibility index (Phi) is 6.42. The largest absolute Gasteiger partial charge is 0.493 e. The molecule has 1 atom stereocenters. The van der Waals surface area contributed by atoms with E-state index in [1.54, 1.807) is 38.6 Å². The van der Waals surface area contributed by atoms with Gasteiger partial charge in [-0.25, -0.2) is 9.18 Å². The summed E-state index contributed by atoms with van der Waals surface area (Å²) in [6.07, 6.45) is 2.52. The Morgan fingerprint density at radius 3 is 2.41 bits per heavy atom. The van der Waals surface area contributed by atoms with E-state index in [1.807, 2.05) is 24.0 Å². The van der Waals surface area contributed by atoms with Gasteiger partial charge in [-0.3, -0.25) is 0 Å². The fourth-order valence-corrected chi connectivity index (χ4v) is 3.77. The Morgan fingerprint density at radius 2 is 1.79 bits per heavy atom. The molecule has 1 unspecified atom stereocenters. The molecule has 29 heavy (non-hydrogen) atoms. The smallest absolute Gasteiger partial charge is 0.336 e. The molecule has 0 amide bonds. The van der Waals surface area contributed by atoms with Gasteiger partial charge in [0.25, 0.3) is 0 Å². The monoisotopic (exact) mass is 399 g/mol. The summed E-state index contributed by atoms with van der Waals surface area (Å²) in [5.41, 5.74) is 2.58. The quantitative estimate of drug-likeness (QED) is 0.714. The lowest BCUT2D eigenvalue weighted by molar-refractivity contribution is -0.136. The Morgan fingerprint density at radius 1 is 1.10 bits per heavy atom. The van der Waals surface area contributed by atoms with Gasteiger partial charge < -0.3 is 19.1 Å². The number of carbonyl (C=O) groups excluding carboxylic acids is 1. The van der Waals surface area contributed by atoms with Crippen molar-refractivity contribution < 1.29 is 23.4 Å². The van der Waals surface area contributed by atoms with E-state index < -0.39 is 11.9 Å². The average Bonchev–Trinajstić information content (AvgIpc) is 2.74. The lowest BCUT2D eigenvalue weighted by atomic mass is 9.80. The fraction of sp³-hybridized carbons (Fsp3) is 0.348. The second kappa shape index (κ2) is 8.99. The Bertz CT molecular complexity index is 925. The van der Waals surface area contributed by atoms with Crippen molar-refractivity contribution >= 4 is 5.97 Å². The third-order valence-electron chi connectivity index (χ3n) is 5.30. The van der Waals surface area contributed by atoms with Crippen molar-refractivity contribution in [3.05, 3.63) is 70.7 Å². The molecule has 0 aromatic heterocycles. The third-order valence-corrected chi connectivity index (χ3v) is 5.30. The lowest BCUT2D eigenvalue weighted by Crippen LogP contribution is -2.28. The molecule has 3 rings (SSSR count). The highest BCUT2D eigenvalue weighted by Crippen LogP contribution is 2.42. The normalized spacial score (nSPS) is 18.0. The van der Waals surface area contributed by atoms with E-state index in [9.17, 15) is 9.18 Å². The van der Waals surface area contributed by atoms with Gasteiger partial charge in [-0.05, 0) is 42.7 Å². The molecule has 0 radical (unpaired) electrons. The molecular formula is C23H26FNO4. The maximum absolute atomic E-state index is 14.9. The van der Waals surface area contributed by atoms with Crippen LogP contribution < -0.4 is 9.47 Å². The molecule has 0 spiro atoms. The molecule has 1 aliphatic heterocycles. The fourth-order valence-electron chi connectivity index (χ4n) is 3.77. The second-order valence-corrected chi connectivity index (χ2v) is 6.82. The summed E-state index contributed by atoms with van der Waals surface area (Å²) in [5.74, 6) is -0.362. The van der Waals surface area contributed by atoms with Crippen LogP contribution in [0.1, 0.15) is 29.5 Å². The van der Waals surface area contributed by atoms with Gasteiger partial charge >= 0.3 is 5.97 Å². The van der Waals surface area contributed by atoms with E-state index in [2.05, 4.69) is 0 Å². The molecule has 2 aromatic carbocycles. The van der Waals surface area contributed by atoms with Crippen LogP contribution >= 0.6 is 0 Å². The molecule has 0 aliphatic carbocycles. The van der Waals surface area contributed by atoms with Gasteiger partial charge in [0, 0.05) is 30.8 Å². The molecule has 0 fully saturated rings. The van der Waals surface area contributed by atoms with Gasteiger partial charge in [-0.1, -0.05) is 18.2 Å². The van der Waals surface area contributed by atoms with Crippen molar-refractivity contribution in [1.82, 2.24) is 4.90 Å². The van der Waals surface area contributed by atoms with E-state index in [0.717, 1.165) is 17.5 Å². The zero-order chi connectivity index (χ0) is 21.0. The van der Waals surface area contributed by atoms with Crippen LogP contribution in [0.5, 0.6) is 11.5 Å². The van der Waals surface area contributed by atoms with Crippen LogP contribution in [0.25, 0.3) is 0 Å². The van der Waals surface area contributed by atoms with Crippen LogP contribution in [0.15, 0.2) is 48.2 Å². The minimum absolute atomic E-state index is 0.378. The molecule has 0 N–H and O–H groups in total. The molecule has 0 bridgehead atoms. The van der Waals surface area contributed by atoms with Gasteiger partial charge in [-0.2, -0.15) is 0 Å². The SMILES string of the molecule is CCN1/C=C(/C(=O)OC)C(c2ccccc2F)c2cc(OC)c(OC)cc2CC1. The summed E-state index contributed by atoms with van der Waals surface area (Å²) in [7, 11) is 4.48. The first-order valence-corrected chi connectivity index (χ1v) is 9.57. The molecule has 1 heterocycles. The van der Waals surface area contributed by atoms with E-state index >= 15 is 0 Å². The number of nitrogens with zero attached hydrogens (tertiary/aromatic N) is 1. The minimum Gasteiger partial charge on any atom is -0.493 e. The first kappa shape index (κ1) is 20.7. The molecule has 2 aromatic rings. The number of hydrogen-bond acceptors (Lipinski definition) is 5. The number of esters is 1. The minimum atomic E-state index is -0.632. The number of hydrogen-bond donors (Lipinski definition) is 0. The number of likely N-dealkylation sites (N-methyl/N-ethyl adjacent to an activating group) is 1. The summed E-state index contributed by atoms with van der Waals surface area (Å²) in [6.45, 7) is 3.44. The highest BCUT2D eigenvalue weighted by molar-refractivity contribution is 5.91. The molecule has 0 saturated heterocycles. The highest BCUT2D eigenvalue weighted by atomic mass is 19.1. The first-order chi connectivity index (χ1) is 14.0. The maximum atomic E-state index is 14.9. The van der Waals surface area contributed by atoms with Crippen LogP contribution in [0.3, 0.4) is 0 Å². The van der Waals surface area contributed by atoms with E-state index in [0.29, 0.717) is 35.7 Å². The number of rotatable bonds is 5. The number of methoxy groups -OCH3 is 3. The topological polar surface area (TPSA) is 48.0 Å². The molecular weight excluding hydrogens is 373 g/mol.